The average molecular weight is 289 g/mol. The van der Waals surface area contributed by atoms with Gasteiger partial charge in [0.2, 0.25) is 0 Å². The smallest absolute Gasteiger partial charge is 0.0917 e. The van der Waals surface area contributed by atoms with Crippen LogP contribution in [-0.4, -0.2) is 29.1 Å². The third-order valence-electron chi connectivity index (χ3n) is 4.70. The second-order valence-electron chi connectivity index (χ2n) is 7.04. The van der Waals surface area contributed by atoms with E-state index in [0.717, 1.165) is 24.6 Å². The molecule has 0 amide bonds. The standard InChI is InChI=1S/C19H31NO/c1-15(2)12-13-20(18-6-4-5-7-18)14-19(21)17-10-8-16(3)9-11-17/h8-11,15,18-19,21H,4-7,12-14H2,1-3H3. The summed E-state index contributed by atoms with van der Waals surface area (Å²) in [5.74, 6) is 0.727. The number of benzene rings is 1. The number of aliphatic hydroxyl groups excluding tert-OH is 1. The lowest BCUT2D eigenvalue weighted by Crippen LogP contribution is -2.38. The molecule has 0 radical (unpaired) electrons. The molecule has 2 rings (SSSR count). The zero-order valence-corrected chi connectivity index (χ0v) is 13.9. The molecule has 0 aromatic heterocycles. The van der Waals surface area contributed by atoms with Crippen LogP contribution in [-0.2, 0) is 0 Å². The number of aryl methyl sites for hydroxylation is 1. The Morgan fingerprint density at radius 3 is 2.33 bits per heavy atom. The van der Waals surface area contributed by atoms with E-state index in [1.165, 1.54) is 37.7 Å². The van der Waals surface area contributed by atoms with E-state index in [0.29, 0.717) is 6.04 Å². The van der Waals surface area contributed by atoms with Gasteiger partial charge in [-0.05, 0) is 44.2 Å². The van der Waals surface area contributed by atoms with Gasteiger partial charge < -0.3 is 5.11 Å². The number of nitrogens with zero attached hydrogens (tertiary/aromatic N) is 1. The van der Waals surface area contributed by atoms with E-state index in [-0.39, 0.29) is 6.10 Å². The van der Waals surface area contributed by atoms with Gasteiger partial charge >= 0.3 is 0 Å². The Morgan fingerprint density at radius 2 is 1.76 bits per heavy atom. The van der Waals surface area contributed by atoms with Crippen LogP contribution in [0.3, 0.4) is 0 Å². The minimum atomic E-state index is -0.363. The molecule has 0 heterocycles. The molecule has 0 aliphatic heterocycles. The van der Waals surface area contributed by atoms with Gasteiger partial charge in [0, 0.05) is 12.6 Å². The molecule has 1 fully saturated rings. The van der Waals surface area contributed by atoms with Crippen molar-refractivity contribution >= 4 is 0 Å². The summed E-state index contributed by atoms with van der Waals surface area (Å²) < 4.78 is 0. The summed E-state index contributed by atoms with van der Waals surface area (Å²) in [5, 5.41) is 10.6. The van der Waals surface area contributed by atoms with Crippen LogP contribution in [0.5, 0.6) is 0 Å². The van der Waals surface area contributed by atoms with E-state index < -0.39 is 0 Å². The maximum atomic E-state index is 10.6. The molecule has 1 N–H and O–H groups in total. The SMILES string of the molecule is Cc1ccc(C(O)CN(CCC(C)C)C2CCCC2)cc1. The van der Waals surface area contributed by atoms with Crippen LogP contribution < -0.4 is 0 Å². The first kappa shape index (κ1) is 16.5. The van der Waals surface area contributed by atoms with Crippen LogP contribution in [0.25, 0.3) is 0 Å². The summed E-state index contributed by atoms with van der Waals surface area (Å²) in [6.45, 7) is 8.54. The van der Waals surface area contributed by atoms with E-state index >= 15 is 0 Å². The van der Waals surface area contributed by atoms with Crippen molar-refractivity contribution in [1.29, 1.82) is 0 Å². The summed E-state index contributed by atoms with van der Waals surface area (Å²) in [5.41, 5.74) is 2.30. The van der Waals surface area contributed by atoms with Crippen molar-refractivity contribution in [3.05, 3.63) is 35.4 Å². The molecular weight excluding hydrogens is 258 g/mol. The predicted molar refractivity (Wildman–Crippen MR) is 89.4 cm³/mol. The first-order valence-corrected chi connectivity index (χ1v) is 8.55. The molecule has 118 valence electrons. The molecule has 1 aromatic rings. The quantitative estimate of drug-likeness (QED) is 0.808. The first-order valence-electron chi connectivity index (χ1n) is 8.55. The molecule has 2 heteroatoms. The van der Waals surface area contributed by atoms with E-state index in [1.54, 1.807) is 0 Å². The Kier molecular flexibility index (Phi) is 6.25. The lowest BCUT2D eigenvalue weighted by Gasteiger charge is -2.31. The summed E-state index contributed by atoms with van der Waals surface area (Å²) in [6.07, 6.45) is 6.17. The highest BCUT2D eigenvalue weighted by atomic mass is 16.3. The minimum Gasteiger partial charge on any atom is -0.387 e. The number of hydrogen-bond acceptors (Lipinski definition) is 2. The van der Waals surface area contributed by atoms with Crippen LogP contribution >= 0.6 is 0 Å². The molecule has 0 spiro atoms. The van der Waals surface area contributed by atoms with Gasteiger partial charge in [0.15, 0.2) is 0 Å². The van der Waals surface area contributed by atoms with Crippen LogP contribution in [0.4, 0.5) is 0 Å². The minimum absolute atomic E-state index is 0.363. The zero-order chi connectivity index (χ0) is 15.2. The highest BCUT2D eigenvalue weighted by molar-refractivity contribution is 5.23. The summed E-state index contributed by atoms with van der Waals surface area (Å²) >= 11 is 0. The molecule has 1 aliphatic rings. The van der Waals surface area contributed by atoms with Gasteiger partial charge in [-0.25, -0.2) is 0 Å². The van der Waals surface area contributed by atoms with Gasteiger partial charge in [-0.1, -0.05) is 56.5 Å². The van der Waals surface area contributed by atoms with Crippen LogP contribution in [0.15, 0.2) is 24.3 Å². The van der Waals surface area contributed by atoms with Gasteiger partial charge in [-0.2, -0.15) is 0 Å². The van der Waals surface area contributed by atoms with Crippen LogP contribution in [0, 0.1) is 12.8 Å². The molecule has 1 saturated carbocycles. The van der Waals surface area contributed by atoms with E-state index in [4.69, 9.17) is 0 Å². The van der Waals surface area contributed by atoms with Gasteiger partial charge in [-0.15, -0.1) is 0 Å². The van der Waals surface area contributed by atoms with Gasteiger partial charge in [0.1, 0.15) is 0 Å². The molecule has 2 nitrogen and oxygen atoms in total. The van der Waals surface area contributed by atoms with E-state index in [2.05, 4.69) is 49.9 Å². The normalized spacial score (nSPS) is 17.8. The second-order valence-corrected chi connectivity index (χ2v) is 7.04. The Morgan fingerprint density at radius 1 is 1.14 bits per heavy atom. The molecule has 21 heavy (non-hydrogen) atoms. The lowest BCUT2D eigenvalue weighted by atomic mass is 10.0. The summed E-state index contributed by atoms with van der Waals surface area (Å²) in [4.78, 5) is 2.54. The Labute approximate surface area is 130 Å². The van der Waals surface area contributed by atoms with E-state index in [9.17, 15) is 5.11 Å². The Bertz CT molecular complexity index is 406. The lowest BCUT2D eigenvalue weighted by molar-refractivity contribution is 0.0843. The van der Waals surface area contributed by atoms with Gasteiger partial charge in [0.05, 0.1) is 6.10 Å². The average Bonchev–Trinajstić information content (AvgIpc) is 2.97. The molecule has 1 aromatic carbocycles. The summed E-state index contributed by atoms with van der Waals surface area (Å²) in [6, 6.07) is 8.99. The zero-order valence-electron chi connectivity index (χ0n) is 13.9. The van der Waals surface area contributed by atoms with Crippen LogP contribution in [0.1, 0.15) is 63.2 Å². The van der Waals surface area contributed by atoms with Crippen molar-refractivity contribution in [2.75, 3.05) is 13.1 Å². The second kappa shape index (κ2) is 7.95. The highest BCUT2D eigenvalue weighted by Gasteiger charge is 2.24. The molecule has 0 bridgehead atoms. The fraction of sp³-hybridized carbons (Fsp3) is 0.684. The van der Waals surface area contributed by atoms with Crippen molar-refractivity contribution in [3.8, 4) is 0 Å². The largest absolute Gasteiger partial charge is 0.387 e. The van der Waals surface area contributed by atoms with E-state index in [1.807, 2.05) is 0 Å². The molecule has 1 atom stereocenters. The maximum Gasteiger partial charge on any atom is 0.0917 e. The van der Waals surface area contributed by atoms with Gasteiger partial charge in [-0.3, -0.25) is 4.90 Å². The fourth-order valence-corrected chi connectivity index (χ4v) is 3.23. The van der Waals surface area contributed by atoms with Crippen molar-refractivity contribution in [2.24, 2.45) is 5.92 Å². The molecule has 0 saturated heterocycles. The predicted octanol–water partition coefficient (Wildman–Crippen LogP) is 4.32. The van der Waals surface area contributed by atoms with Gasteiger partial charge in [0.25, 0.3) is 0 Å². The first-order chi connectivity index (χ1) is 10.1. The monoisotopic (exact) mass is 289 g/mol. The number of rotatable bonds is 7. The number of aliphatic hydroxyl groups is 1. The summed E-state index contributed by atoms with van der Waals surface area (Å²) in [7, 11) is 0. The molecular formula is C19H31NO. The molecule has 1 unspecified atom stereocenters. The Balaban J connectivity index is 1.97. The van der Waals surface area contributed by atoms with Crippen molar-refractivity contribution in [1.82, 2.24) is 4.90 Å². The number of hydrogen-bond donors (Lipinski definition) is 1. The Hall–Kier alpha value is -0.860. The third-order valence-corrected chi connectivity index (χ3v) is 4.70. The van der Waals surface area contributed by atoms with Crippen molar-refractivity contribution in [2.45, 2.75) is 65.0 Å². The fourth-order valence-electron chi connectivity index (χ4n) is 3.23. The highest BCUT2D eigenvalue weighted by Crippen LogP contribution is 2.26. The van der Waals surface area contributed by atoms with Crippen LogP contribution in [0.2, 0.25) is 0 Å². The maximum absolute atomic E-state index is 10.6. The molecule has 1 aliphatic carbocycles. The van der Waals surface area contributed by atoms with Crippen molar-refractivity contribution < 1.29 is 5.11 Å². The van der Waals surface area contributed by atoms with Crippen molar-refractivity contribution in [3.63, 3.8) is 0 Å². The third kappa shape index (κ3) is 5.12. The topological polar surface area (TPSA) is 23.5 Å².